The van der Waals surface area contributed by atoms with Crippen molar-refractivity contribution in [3.05, 3.63) is 0 Å². The summed E-state index contributed by atoms with van der Waals surface area (Å²) in [5.74, 6) is 0. The lowest BCUT2D eigenvalue weighted by molar-refractivity contribution is -0.331. The predicted octanol–water partition coefficient (Wildman–Crippen LogP) is 1.85. The molecule has 0 radical (unpaired) electrons. The van der Waals surface area contributed by atoms with Crippen LogP contribution in [0.15, 0.2) is 0 Å². The van der Waals surface area contributed by atoms with E-state index in [1.807, 2.05) is 0 Å². The molecule has 6 heteroatoms. The summed E-state index contributed by atoms with van der Waals surface area (Å²) in [7, 11) is 0. The number of rotatable bonds is 4. The first kappa shape index (κ1) is 10.6. The largest absolute Gasteiger partial charge is 0.522 e. The van der Waals surface area contributed by atoms with E-state index in [0.29, 0.717) is 0 Å². The van der Waals surface area contributed by atoms with E-state index in [4.69, 9.17) is 0 Å². The number of hydrogen-bond acceptors (Lipinski definition) is 2. The second-order valence-electron chi connectivity index (χ2n) is 1.84. The number of alkyl halides is 4. The van der Waals surface area contributed by atoms with Crippen molar-refractivity contribution in [2.45, 2.75) is 19.4 Å². The highest BCUT2D eigenvalue weighted by atomic mass is 19.4. The molecule has 68 valence electrons. The molecule has 0 saturated heterocycles. The summed E-state index contributed by atoms with van der Waals surface area (Å²) in [4.78, 5) is 0. The highest BCUT2D eigenvalue weighted by Gasteiger charge is 2.29. The zero-order valence-electron chi connectivity index (χ0n) is 5.82. The first-order chi connectivity index (χ1) is 4.95. The van der Waals surface area contributed by atoms with Crippen molar-refractivity contribution in [2.24, 2.45) is 0 Å². The lowest BCUT2D eigenvalue weighted by Gasteiger charge is -2.11. The monoisotopic (exact) mass is 176 g/mol. The summed E-state index contributed by atoms with van der Waals surface area (Å²) in [6.45, 7) is -0.513. The van der Waals surface area contributed by atoms with Gasteiger partial charge in [0.25, 0.3) is 0 Å². The van der Waals surface area contributed by atoms with E-state index < -0.39 is 25.9 Å². The van der Waals surface area contributed by atoms with E-state index in [1.165, 1.54) is 6.92 Å². The third-order valence-corrected chi connectivity index (χ3v) is 0.829. The molecule has 0 rings (SSSR count). The molecular weight excluding hydrogens is 168 g/mol. The van der Waals surface area contributed by atoms with Gasteiger partial charge in [0, 0.05) is 0 Å². The molecule has 0 amide bonds. The highest BCUT2D eigenvalue weighted by molar-refractivity contribution is 4.45. The third kappa shape index (κ3) is 7.54. The molecule has 0 N–H and O–H groups in total. The fourth-order valence-corrected chi connectivity index (χ4v) is 0.367. The average Bonchev–Trinajstić information content (AvgIpc) is 1.83. The molecule has 0 aliphatic rings. The Balaban J connectivity index is 3.38. The van der Waals surface area contributed by atoms with Crippen LogP contribution in [0.2, 0.25) is 0 Å². The van der Waals surface area contributed by atoms with E-state index in [0.717, 1.165) is 0 Å². The average molecular weight is 176 g/mol. The van der Waals surface area contributed by atoms with Crippen LogP contribution in [0.4, 0.5) is 17.6 Å². The lowest BCUT2D eigenvalue weighted by atomic mass is 10.4. The molecule has 0 bridgehead atoms. The Morgan fingerprint density at radius 3 is 2.27 bits per heavy atom. The van der Waals surface area contributed by atoms with Crippen LogP contribution in [-0.4, -0.2) is 25.9 Å². The van der Waals surface area contributed by atoms with Gasteiger partial charge in [-0.2, -0.15) is 0 Å². The van der Waals surface area contributed by atoms with Crippen molar-refractivity contribution in [2.75, 3.05) is 13.5 Å². The summed E-state index contributed by atoms with van der Waals surface area (Å²) < 4.78 is 52.7. The zero-order valence-corrected chi connectivity index (χ0v) is 5.82. The summed E-state index contributed by atoms with van der Waals surface area (Å²) in [6.07, 6.45) is -5.56. The quantitative estimate of drug-likeness (QED) is 0.608. The molecule has 0 heterocycles. The fourth-order valence-electron chi connectivity index (χ4n) is 0.367. The first-order valence-electron chi connectivity index (χ1n) is 2.84. The Morgan fingerprint density at radius 1 is 1.36 bits per heavy atom. The van der Waals surface area contributed by atoms with E-state index in [-0.39, 0.29) is 0 Å². The van der Waals surface area contributed by atoms with Crippen LogP contribution in [0.25, 0.3) is 0 Å². The minimum Gasteiger partial charge on any atom is -0.345 e. The molecule has 0 aliphatic carbocycles. The van der Waals surface area contributed by atoms with E-state index >= 15 is 0 Å². The molecule has 0 fully saturated rings. The molecule has 2 nitrogen and oxygen atoms in total. The lowest BCUT2D eigenvalue weighted by Crippen LogP contribution is -2.22. The molecular formula is C5H8F4O2. The van der Waals surface area contributed by atoms with Crippen LogP contribution in [-0.2, 0) is 9.47 Å². The van der Waals surface area contributed by atoms with Gasteiger partial charge in [-0.15, -0.1) is 13.2 Å². The summed E-state index contributed by atoms with van der Waals surface area (Å²) in [6, 6.07) is 0. The second-order valence-corrected chi connectivity index (χ2v) is 1.84. The normalized spacial score (nSPS) is 15.0. The van der Waals surface area contributed by atoms with Crippen molar-refractivity contribution in [3.8, 4) is 0 Å². The Hall–Kier alpha value is -0.360. The summed E-state index contributed by atoms with van der Waals surface area (Å²) in [5, 5.41) is 0. The fraction of sp³-hybridized carbons (Fsp3) is 1.00. The molecule has 0 aromatic heterocycles. The molecule has 0 aromatic carbocycles. The van der Waals surface area contributed by atoms with Crippen molar-refractivity contribution >= 4 is 0 Å². The summed E-state index contributed by atoms with van der Waals surface area (Å²) in [5.41, 5.74) is 0. The van der Waals surface area contributed by atoms with E-state index in [2.05, 4.69) is 9.47 Å². The van der Waals surface area contributed by atoms with Crippen molar-refractivity contribution in [1.82, 2.24) is 0 Å². The van der Waals surface area contributed by atoms with Gasteiger partial charge in [0.05, 0.1) is 12.7 Å². The predicted molar refractivity (Wildman–Crippen MR) is 28.5 cm³/mol. The van der Waals surface area contributed by atoms with Gasteiger partial charge in [0.1, 0.15) is 0 Å². The molecule has 1 unspecified atom stereocenters. The van der Waals surface area contributed by atoms with Crippen molar-refractivity contribution < 1.29 is 27.0 Å². The van der Waals surface area contributed by atoms with Gasteiger partial charge in [-0.05, 0) is 6.92 Å². The van der Waals surface area contributed by atoms with Crippen LogP contribution >= 0.6 is 0 Å². The standard InChI is InChI=1S/C5H8F4O2/c1-4(10-3-6)2-11-5(7,8)9/h4H,2-3H2,1H3. The maximum absolute atomic E-state index is 11.3. The van der Waals surface area contributed by atoms with Gasteiger partial charge < -0.3 is 4.74 Å². The van der Waals surface area contributed by atoms with Crippen LogP contribution < -0.4 is 0 Å². The second kappa shape index (κ2) is 4.50. The SMILES string of the molecule is CC(COC(F)(F)F)OCF. The molecule has 11 heavy (non-hydrogen) atoms. The Morgan fingerprint density at radius 2 is 1.91 bits per heavy atom. The van der Waals surface area contributed by atoms with Crippen LogP contribution in [0.5, 0.6) is 0 Å². The van der Waals surface area contributed by atoms with Crippen LogP contribution in [0.1, 0.15) is 6.92 Å². The Kier molecular flexibility index (Phi) is 4.36. The van der Waals surface area contributed by atoms with Gasteiger partial charge >= 0.3 is 6.36 Å². The topological polar surface area (TPSA) is 18.5 Å². The number of hydrogen-bond donors (Lipinski definition) is 0. The van der Waals surface area contributed by atoms with Gasteiger partial charge in [-0.25, -0.2) is 4.39 Å². The smallest absolute Gasteiger partial charge is 0.345 e. The number of halogens is 4. The minimum absolute atomic E-state index is 0.687. The van der Waals surface area contributed by atoms with Gasteiger partial charge in [-0.3, -0.25) is 4.74 Å². The van der Waals surface area contributed by atoms with E-state index in [1.54, 1.807) is 0 Å². The maximum Gasteiger partial charge on any atom is 0.522 e. The van der Waals surface area contributed by atoms with Crippen molar-refractivity contribution in [3.63, 3.8) is 0 Å². The maximum atomic E-state index is 11.3. The van der Waals surface area contributed by atoms with E-state index in [9.17, 15) is 17.6 Å². The van der Waals surface area contributed by atoms with Gasteiger partial charge in [-0.1, -0.05) is 0 Å². The Bertz CT molecular complexity index is 103. The first-order valence-corrected chi connectivity index (χ1v) is 2.84. The van der Waals surface area contributed by atoms with Gasteiger partial charge in [0.15, 0.2) is 6.86 Å². The van der Waals surface area contributed by atoms with Crippen LogP contribution in [0, 0.1) is 0 Å². The highest BCUT2D eigenvalue weighted by Crippen LogP contribution is 2.16. The molecule has 1 atom stereocenters. The minimum atomic E-state index is -4.67. The molecule has 0 saturated carbocycles. The van der Waals surface area contributed by atoms with Crippen LogP contribution in [0.3, 0.4) is 0 Å². The summed E-state index contributed by atoms with van der Waals surface area (Å²) >= 11 is 0. The zero-order chi connectivity index (χ0) is 8.91. The molecule has 0 aromatic rings. The van der Waals surface area contributed by atoms with Crippen molar-refractivity contribution in [1.29, 1.82) is 0 Å². The Labute approximate surface area is 61.1 Å². The third-order valence-electron chi connectivity index (χ3n) is 0.829. The molecule has 0 aliphatic heterocycles. The molecule has 0 spiro atoms. The number of ether oxygens (including phenoxy) is 2. The van der Waals surface area contributed by atoms with Gasteiger partial charge in [0.2, 0.25) is 0 Å².